The highest BCUT2D eigenvalue weighted by Gasteiger charge is 2.31. The van der Waals surface area contributed by atoms with Crippen LogP contribution in [0.2, 0.25) is 0 Å². The average molecular weight is 431 g/mol. The SMILES string of the molecule is COc1ccc(C(F)(F)F)cc1C(=S)N=c1sc(C(C)(C)C)cn1CC(C)C. The van der Waals surface area contributed by atoms with Crippen LogP contribution in [0.1, 0.15) is 50.6 Å². The van der Waals surface area contributed by atoms with E-state index in [9.17, 15) is 13.2 Å². The number of aromatic nitrogens is 1. The van der Waals surface area contributed by atoms with Gasteiger partial charge in [0.25, 0.3) is 0 Å². The zero-order chi connectivity index (χ0) is 21.3. The molecule has 2 rings (SSSR count). The van der Waals surface area contributed by atoms with Gasteiger partial charge in [-0.3, -0.25) is 0 Å². The third kappa shape index (κ3) is 5.44. The first-order valence-corrected chi connectivity index (χ1v) is 10.1. The van der Waals surface area contributed by atoms with Crippen LogP contribution in [-0.4, -0.2) is 16.7 Å². The number of hydrogen-bond donors (Lipinski definition) is 0. The number of nitrogens with zero attached hydrogens (tertiary/aromatic N) is 2. The molecule has 0 radical (unpaired) electrons. The van der Waals surface area contributed by atoms with Crippen molar-refractivity contribution in [2.75, 3.05) is 7.11 Å². The van der Waals surface area contributed by atoms with E-state index in [1.165, 1.54) is 24.5 Å². The molecular formula is C20H25F3N2OS2. The quantitative estimate of drug-likeness (QED) is 0.573. The number of halogens is 3. The Labute approximate surface area is 172 Å². The van der Waals surface area contributed by atoms with E-state index in [-0.39, 0.29) is 21.7 Å². The van der Waals surface area contributed by atoms with E-state index in [2.05, 4.69) is 45.8 Å². The second kappa shape index (κ2) is 8.37. The topological polar surface area (TPSA) is 26.5 Å². The first-order valence-electron chi connectivity index (χ1n) is 8.88. The molecular weight excluding hydrogens is 405 g/mol. The van der Waals surface area contributed by atoms with E-state index in [0.717, 1.165) is 23.6 Å². The summed E-state index contributed by atoms with van der Waals surface area (Å²) in [4.78, 5) is 6.39. The van der Waals surface area contributed by atoms with Crippen LogP contribution in [0.5, 0.6) is 5.75 Å². The normalized spacial score (nSPS) is 13.3. The highest BCUT2D eigenvalue weighted by atomic mass is 32.1. The van der Waals surface area contributed by atoms with Gasteiger partial charge in [-0.25, -0.2) is 4.99 Å². The Morgan fingerprint density at radius 3 is 2.39 bits per heavy atom. The van der Waals surface area contributed by atoms with Crippen molar-refractivity contribution in [3.05, 3.63) is 45.2 Å². The molecule has 0 aliphatic carbocycles. The van der Waals surface area contributed by atoms with Gasteiger partial charge in [0, 0.05) is 17.6 Å². The van der Waals surface area contributed by atoms with E-state index in [1.54, 1.807) is 0 Å². The van der Waals surface area contributed by atoms with Gasteiger partial charge in [0.2, 0.25) is 0 Å². The Bertz CT molecular complexity index is 919. The predicted molar refractivity (Wildman–Crippen MR) is 111 cm³/mol. The number of alkyl halides is 3. The lowest BCUT2D eigenvalue weighted by Crippen LogP contribution is -2.19. The van der Waals surface area contributed by atoms with E-state index in [1.807, 2.05) is 4.57 Å². The number of methoxy groups -OCH3 is 1. The fraction of sp³-hybridized carbons (Fsp3) is 0.500. The van der Waals surface area contributed by atoms with Crippen molar-refractivity contribution in [2.24, 2.45) is 10.9 Å². The molecule has 154 valence electrons. The first-order chi connectivity index (χ1) is 12.8. The molecule has 3 nitrogen and oxygen atoms in total. The number of thiocarbonyl (C=S) groups is 1. The molecule has 8 heteroatoms. The summed E-state index contributed by atoms with van der Waals surface area (Å²) in [5.74, 6) is 0.655. The second-order valence-corrected chi connectivity index (χ2v) is 9.40. The lowest BCUT2D eigenvalue weighted by molar-refractivity contribution is -0.137. The van der Waals surface area contributed by atoms with Gasteiger partial charge in [-0.15, -0.1) is 11.3 Å². The molecule has 1 aromatic heterocycles. The van der Waals surface area contributed by atoms with Crippen molar-refractivity contribution >= 4 is 28.5 Å². The third-order valence-corrected chi connectivity index (χ3v) is 5.73. The Kier molecular flexibility index (Phi) is 6.76. The first kappa shape index (κ1) is 22.6. The summed E-state index contributed by atoms with van der Waals surface area (Å²) in [6.45, 7) is 11.3. The standard InChI is InChI=1S/C20H25F3N2OS2/c1-12(2)10-25-11-16(19(3,4)5)28-18(25)24-17(27)14-9-13(20(21,22)23)7-8-15(14)26-6/h7-9,11-12H,10H2,1-6H3. The highest BCUT2D eigenvalue weighted by molar-refractivity contribution is 7.80. The molecule has 1 heterocycles. The van der Waals surface area contributed by atoms with Gasteiger partial charge in [0.05, 0.1) is 18.2 Å². The van der Waals surface area contributed by atoms with Crippen molar-refractivity contribution in [2.45, 2.75) is 52.8 Å². The van der Waals surface area contributed by atoms with Crippen LogP contribution in [0.3, 0.4) is 0 Å². The molecule has 0 atom stereocenters. The highest BCUT2D eigenvalue weighted by Crippen LogP contribution is 2.33. The van der Waals surface area contributed by atoms with E-state index < -0.39 is 11.7 Å². The van der Waals surface area contributed by atoms with Crippen LogP contribution in [0.4, 0.5) is 13.2 Å². The third-order valence-electron chi connectivity index (χ3n) is 3.98. The molecule has 28 heavy (non-hydrogen) atoms. The maximum Gasteiger partial charge on any atom is 0.416 e. The van der Waals surface area contributed by atoms with E-state index in [0.29, 0.717) is 10.7 Å². The maximum atomic E-state index is 13.1. The average Bonchev–Trinajstić information content (AvgIpc) is 2.95. The van der Waals surface area contributed by atoms with Crippen LogP contribution in [0.15, 0.2) is 29.4 Å². The Hall–Kier alpha value is -1.67. The van der Waals surface area contributed by atoms with Gasteiger partial charge in [-0.2, -0.15) is 13.2 Å². The molecule has 0 aliphatic rings. The van der Waals surface area contributed by atoms with Crippen LogP contribution in [-0.2, 0) is 18.1 Å². The van der Waals surface area contributed by atoms with Crippen LogP contribution in [0.25, 0.3) is 0 Å². The molecule has 0 amide bonds. The molecule has 0 unspecified atom stereocenters. The number of hydrogen-bond acceptors (Lipinski definition) is 3. The van der Waals surface area contributed by atoms with Gasteiger partial charge >= 0.3 is 6.18 Å². The van der Waals surface area contributed by atoms with Gasteiger partial charge in [0.1, 0.15) is 10.7 Å². The molecule has 0 saturated heterocycles. The number of thiazole rings is 1. The minimum atomic E-state index is -4.46. The van der Waals surface area contributed by atoms with E-state index >= 15 is 0 Å². The molecule has 0 N–H and O–H groups in total. The summed E-state index contributed by atoms with van der Waals surface area (Å²) >= 11 is 6.89. The molecule has 0 saturated carbocycles. The van der Waals surface area contributed by atoms with Crippen molar-refractivity contribution < 1.29 is 17.9 Å². The van der Waals surface area contributed by atoms with Crippen molar-refractivity contribution in [1.82, 2.24) is 4.57 Å². The van der Waals surface area contributed by atoms with E-state index in [4.69, 9.17) is 17.0 Å². The Morgan fingerprint density at radius 2 is 1.89 bits per heavy atom. The largest absolute Gasteiger partial charge is 0.496 e. The Balaban J connectivity index is 2.59. The van der Waals surface area contributed by atoms with Crippen molar-refractivity contribution in [3.63, 3.8) is 0 Å². The zero-order valence-electron chi connectivity index (χ0n) is 16.8. The van der Waals surface area contributed by atoms with Crippen LogP contribution in [0, 0.1) is 5.92 Å². The fourth-order valence-corrected chi connectivity index (χ4v) is 3.90. The summed E-state index contributed by atoms with van der Waals surface area (Å²) in [5.41, 5.74) is -0.682. The molecule has 1 aromatic carbocycles. The molecule has 0 aliphatic heterocycles. The summed E-state index contributed by atoms with van der Waals surface area (Å²) < 4.78 is 46.6. The van der Waals surface area contributed by atoms with Crippen LogP contribution >= 0.6 is 23.6 Å². The summed E-state index contributed by atoms with van der Waals surface area (Å²) in [7, 11) is 1.40. The van der Waals surface area contributed by atoms with Crippen LogP contribution < -0.4 is 9.54 Å². The van der Waals surface area contributed by atoms with Gasteiger partial charge in [-0.1, -0.05) is 46.8 Å². The monoisotopic (exact) mass is 430 g/mol. The number of benzene rings is 1. The lowest BCUT2D eigenvalue weighted by Gasteiger charge is -2.14. The summed E-state index contributed by atoms with van der Waals surface area (Å²) in [6.07, 6.45) is -2.41. The predicted octanol–water partition coefficient (Wildman–Crippen LogP) is 5.81. The molecule has 0 bridgehead atoms. The minimum Gasteiger partial charge on any atom is -0.496 e. The Morgan fingerprint density at radius 1 is 1.25 bits per heavy atom. The van der Waals surface area contributed by atoms with Gasteiger partial charge in [-0.05, 0) is 29.5 Å². The van der Waals surface area contributed by atoms with Gasteiger partial charge in [0.15, 0.2) is 4.80 Å². The lowest BCUT2D eigenvalue weighted by atomic mass is 9.95. The number of ether oxygens (including phenoxy) is 1. The summed E-state index contributed by atoms with van der Waals surface area (Å²) in [5, 5.41) is 0. The molecule has 2 aromatic rings. The summed E-state index contributed by atoms with van der Waals surface area (Å²) in [6, 6.07) is 3.25. The minimum absolute atomic E-state index is 0.0628. The number of rotatable bonds is 4. The second-order valence-electron chi connectivity index (χ2n) is 8.00. The maximum absolute atomic E-state index is 13.1. The smallest absolute Gasteiger partial charge is 0.416 e. The molecule has 0 fully saturated rings. The zero-order valence-corrected chi connectivity index (χ0v) is 18.5. The fourth-order valence-electron chi connectivity index (χ4n) is 2.54. The van der Waals surface area contributed by atoms with Gasteiger partial charge < -0.3 is 9.30 Å². The van der Waals surface area contributed by atoms with Crippen molar-refractivity contribution in [1.29, 1.82) is 0 Å². The van der Waals surface area contributed by atoms with Crippen molar-refractivity contribution in [3.8, 4) is 5.75 Å². The molecule has 0 spiro atoms.